The van der Waals surface area contributed by atoms with Gasteiger partial charge in [0.25, 0.3) is 0 Å². The molecule has 0 radical (unpaired) electrons. The lowest BCUT2D eigenvalue weighted by atomic mass is 9.81. The van der Waals surface area contributed by atoms with E-state index in [-0.39, 0.29) is 11.5 Å². The second-order valence-corrected chi connectivity index (χ2v) is 9.13. The molecule has 2 unspecified atom stereocenters. The van der Waals surface area contributed by atoms with Crippen LogP contribution in [0.3, 0.4) is 0 Å². The fourth-order valence-corrected chi connectivity index (χ4v) is 3.78. The largest absolute Gasteiger partial charge is 0.444 e. The first-order chi connectivity index (χ1) is 11.2. The Morgan fingerprint density at radius 2 is 1.96 bits per heavy atom. The number of likely N-dealkylation sites (tertiary alicyclic amines) is 2. The fourth-order valence-electron chi connectivity index (χ4n) is 3.78. The number of nitrogens with one attached hydrogen (secondary N) is 1. The molecule has 2 saturated heterocycles. The van der Waals surface area contributed by atoms with Crippen LogP contribution in [0.1, 0.15) is 59.8 Å². The molecule has 0 aromatic heterocycles. The summed E-state index contributed by atoms with van der Waals surface area (Å²) in [5, 5.41) is 3.79. The molecule has 0 spiro atoms. The Balaban J connectivity index is 1.84. The van der Waals surface area contributed by atoms with Crippen LogP contribution in [0.2, 0.25) is 0 Å². The van der Waals surface area contributed by atoms with Crippen molar-refractivity contribution >= 4 is 6.09 Å². The molecule has 2 aliphatic rings. The Hall–Kier alpha value is -0.810. The molecule has 2 fully saturated rings. The van der Waals surface area contributed by atoms with Crippen LogP contribution >= 0.6 is 0 Å². The molecule has 0 aliphatic carbocycles. The van der Waals surface area contributed by atoms with Crippen molar-refractivity contribution in [3.05, 3.63) is 0 Å². The van der Waals surface area contributed by atoms with Gasteiger partial charge in [-0.3, -0.25) is 0 Å². The summed E-state index contributed by atoms with van der Waals surface area (Å²) in [6.07, 6.45) is 5.83. The monoisotopic (exact) mass is 339 g/mol. The Morgan fingerprint density at radius 3 is 2.67 bits per heavy atom. The van der Waals surface area contributed by atoms with Crippen LogP contribution in [-0.4, -0.2) is 67.3 Å². The SMILES string of the molecule is CN1CCCC(NCC2(C)CCCN(C(=O)OC(C)(C)C)C2)CC1. The fraction of sp³-hybridized carbons (Fsp3) is 0.947. The van der Waals surface area contributed by atoms with Gasteiger partial charge in [0.2, 0.25) is 0 Å². The third-order valence-electron chi connectivity index (χ3n) is 5.20. The molecule has 0 aromatic carbocycles. The molecule has 2 heterocycles. The predicted octanol–water partition coefficient (Wildman–Crippen LogP) is 3.10. The highest BCUT2D eigenvalue weighted by atomic mass is 16.6. The molecular formula is C19H37N3O2. The van der Waals surface area contributed by atoms with E-state index in [2.05, 4.69) is 24.2 Å². The van der Waals surface area contributed by atoms with Crippen LogP contribution < -0.4 is 5.32 Å². The Morgan fingerprint density at radius 1 is 1.21 bits per heavy atom. The van der Waals surface area contributed by atoms with E-state index in [0.29, 0.717) is 6.04 Å². The highest BCUT2D eigenvalue weighted by molar-refractivity contribution is 5.68. The topological polar surface area (TPSA) is 44.8 Å². The summed E-state index contributed by atoms with van der Waals surface area (Å²) in [5.41, 5.74) is -0.275. The maximum absolute atomic E-state index is 12.4. The summed E-state index contributed by atoms with van der Waals surface area (Å²) < 4.78 is 5.55. The van der Waals surface area contributed by atoms with E-state index in [0.717, 1.165) is 26.1 Å². The lowest BCUT2D eigenvalue weighted by molar-refractivity contribution is 0.00642. The maximum atomic E-state index is 12.4. The Bertz CT molecular complexity index is 421. The van der Waals surface area contributed by atoms with E-state index in [1.54, 1.807) is 0 Å². The number of hydrogen-bond acceptors (Lipinski definition) is 4. The number of carbonyl (C=O) groups excluding carboxylic acids is 1. The van der Waals surface area contributed by atoms with Gasteiger partial charge >= 0.3 is 6.09 Å². The third kappa shape index (κ3) is 6.25. The van der Waals surface area contributed by atoms with Crippen molar-refractivity contribution in [2.24, 2.45) is 5.41 Å². The second kappa shape index (κ2) is 8.05. The van der Waals surface area contributed by atoms with Gasteiger partial charge in [-0.05, 0) is 78.4 Å². The highest BCUT2D eigenvalue weighted by Gasteiger charge is 2.35. The number of amides is 1. The standard InChI is InChI=1S/C19H37N3O2/c1-18(2,3)24-17(23)22-12-7-10-19(4,15-22)14-20-16-8-6-11-21(5)13-9-16/h16,20H,6-15H2,1-5H3. The van der Waals surface area contributed by atoms with Crippen LogP contribution in [-0.2, 0) is 4.74 Å². The predicted molar refractivity (Wildman–Crippen MR) is 98.3 cm³/mol. The summed E-state index contributed by atoms with van der Waals surface area (Å²) in [5.74, 6) is 0. The minimum atomic E-state index is -0.421. The molecular weight excluding hydrogens is 302 g/mol. The molecule has 0 saturated carbocycles. The minimum Gasteiger partial charge on any atom is -0.444 e. The first kappa shape index (κ1) is 19.5. The summed E-state index contributed by atoms with van der Waals surface area (Å²) >= 11 is 0. The van der Waals surface area contributed by atoms with Crippen molar-refractivity contribution < 1.29 is 9.53 Å². The molecule has 1 N–H and O–H groups in total. The van der Waals surface area contributed by atoms with Crippen LogP contribution in [0.5, 0.6) is 0 Å². The first-order valence-electron chi connectivity index (χ1n) is 9.57. The van der Waals surface area contributed by atoms with Gasteiger partial charge in [0.15, 0.2) is 0 Å². The van der Waals surface area contributed by atoms with E-state index in [4.69, 9.17) is 4.74 Å². The first-order valence-corrected chi connectivity index (χ1v) is 9.57. The molecule has 5 heteroatoms. The zero-order valence-corrected chi connectivity index (χ0v) is 16.4. The van der Waals surface area contributed by atoms with Crippen molar-refractivity contribution in [1.29, 1.82) is 0 Å². The van der Waals surface area contributed by atoms with E-state index >= 15 is 0 Å². The van der Waals surface area contributed by atoms with E-state index in [1.807, 2.05) is 25.7 Å². The summed E-state index contributed by atoms with van der Waals surface area (Å²) in [4.78, 5) is 16.7. The van der Waals surface area contributed by atoms with E-state index < -0.39 is 5.60 Å². The molecule has 2 rings (SSSR count). The lowest BCUT2D eigenvalue weighted by Gasteiger charge is -2.41. The average molecular weight is 340 g/mol. The van der Waals surface area contributed by atoms with Crippen LogP contribution in [0.15, 0.2) is 0 Å². The number of rotatable bonds is 3. The molecule has 24 heavy (non-hydrogen) atoms. The molecule has 0 aromatic rings. The number of piperidine rings is 1. The molecule has 0 bridgehead atoms. The number of nitrogens with zero attached hydrogens (tertiary/aromatic N) is 2. The van der Waals surface area contributed by atoms with Crippen LogP contribution in [0, 0.1) is 5.41 Å². The summed E-state index contributed by atoms with van der Waals surface area (Å²) in [7, 11) is 2.21. The quantitative estimate of drug-likeness (QED) is 0.858. The van der Waals surface area contributed by atoms with E-state index in [9.17, 15) is 4.79 Å². The normalized spacial score (nSPS) is 30.0. The van der Waals surface area contributed by atoms with Crippen molar-refractivity contribution in [1.82, 2.24) is 15.1 Å². The number of hydrogen-bond donors (Lipinski definition) is 1. The molecule has 2 atom stereocenters. The maximum Gasteiger partial charge on any atom is 0.410 e. The number of carbonyl (C=O) groups is 1. The van der Waals surface area contributed by atoms with E-state index in [1.165, 1.54) is 38.8 Å². The van der Waals surface area contributed by atoms with Crippen LogP contribution in [0.25, 0.3) is 0 Å². The zero-order chi connectivity index (χ0) is 17.8. The number of ether oxygens (including phenoxy) is 1. The van der Waals surface area contributed by atoms with Gasteiger partial charge in [-0.25, -0.2) is 4.79 Å². The van der Waals surface area contributed by atoms with Crippen molar-refractivity contribution in [3.8, 4) is 0 Å². The van der Waals surface area contributed by atoms with Crippen molar-refractivity contribution in [2.45, 2.75) is 71.4 Å². The average Bonchev–Trinajstić information content (AvgIpc) is 2.68. The third-order valence-corrected chi connectivity index (χ3v) is 5.20. The van der Waals surface area contributed by atoms with Gasteiger partial charge in [-0.15, -0.1) is 0 Å². The second-order valence-electron chi connectivity index (χ2n) is 9.13. The minimum absolute atomic E-state index is 0.146. The van der Waals surface area contributed by atoms with Gasteiger partial charge in [-0.1, -0.05) is 6.92 Å². The van der Waals surface area contributed by atoms with Gasteiger partial charge in [0.05, 0.1) is 0 Å². The van der Waals surface area contributed by atoms with Gasteiger partial charge in [0, 0.05) is 25.7 Å². The molecule has 140 valence electrons. The molecule has 5 nitrogen and oxygen atoms in total. The highest BCUT2D eigenvalue weighted by Crippen LogP contribution is 2.30. The van der Waals surface area contributed by atoms with Crippen molar-refractivity contribution in [3.63, 3.8) is 0 Å². The van der Waals surface area contributed by atoms with Crippen molar-refractivity contribution in [2.75, 3.05) is 39.8 Å². The molecule has 1 amide bonds. The Labute approximate surface area is 148 Å². The Kier molecular flexibility index (Phi) is 6.54. The van der Waals surface area contributed by atoms with Gasteiger partial charge in [-0.2, -0.15) is 0 Å². The zero-order valence-electron chi connectivity index (χ0n) is 16.4. The lowest BCUT2D eigenvalue weighted by Crippen LogP contribution is -2.51. The summed E-state index contributed by atoms with van der Waals surface area (Å²) in [6, 6.07) is 0.615. The van der Waals surface area contributed by atoms with Gasteiger partial charge < -0.3 is 19.9 Å². The van der Waals surface area contributed by atoms with Gasteiger partial charge in [0.1, 0.15) is 5.60 Å². The van der Waals surface area contributed by atoms with Crippen LogP contribution in [0.4, 0.5) is 4.79 Å². The molecule has 2 aliphatic heterocycles. The summed E-state index contributed by atoms with van der Waals surface area (Å²) in [6.45, 7) is 13.1. The smallest absolute Gasteiger partial charge is 0.410 e.